The summed E-state index contributed by atoms with van der Waals surface area (Å²) in [6, 6.07) is 4.40. The summed E-state index contributed by atoms with van der Waals surface area (Å²) in [6.45, 7) is 3.06. The minimum atomic E-state index is 0.290. The average Bonchev–Trinajstić information content (AvgIpc) is 2.81. The number of halogens is 1. The number of nitrogens with zero attached hydrogens (tertiary/aromatic N) is 3. The van der Waals surface area contributed by atoms with Gasteiger partial charge in [0.25, 0.3) is 0 Å². The molecule has 0 aliphatic rings. The second kappa shape index (κ2) is 6.82. The van der Waals surface area contributed by atoms with Crippen LogP contribution in [0.4, 0.5) is 0 Å². The van der Waals surface area contributed by atoms with Crippen LogP contribution in [0.25, 0.3) is 0 Å². The van der Waals surface area contributed by atoms with Crippen molar-refractivity contribution in [2.45, 2.75) is 25.8 Å². The number of rotatable bonds is 6. The summed E-state index contributed by atoms with van der Waals surface area (Å²) in [6.07, 6.45) is 7.87. The van der Waals surface area contributed by atoms with Crippen molar-refractivity contribution < 1.29 is 0 Å². The van der Waals surface area contributed by atoms with E-state index in [0.29, 0.717) is 6.04 Å². The molecule has 0 fully saturated rings. The van der Waals surface area contributed by atoms with Gasteiger partial charge in [-0.3, -0.25) is 9.67 Å². The fourth-order valence-electron chi connectivity index (χ4n) is 2.11. The Kier molecular flexibility index (Phi) is 5.10. The quantitative estimate of drug-likeness (QED) is 0.889. The van der Waals surface area contributed by atoms with Crippen LogP contribution in [0.5, 0.6) is 0 Å². The monoisotopic (exact) mass is 322 g/mol. The van der Waals surface area contributed by atoms with E-state index in [4.69, 9.17) is 0 Å². The Hall–Kier alpha value is -1.20. The van der Waals surface area contributed by atoms with Gasteiger partial charge in [0, 0.05) is 30.0 Å². The van der Waals surface area contributed by atoms with Crippen LogP contribution in [-0.4, -0.2) is 21.3 Å². The van der Waals surface area contributed by atoms with Crippen LogP contribution in [0.15, 0.2) is 35.2 Å². The van der Waals surface area contributed by atoms with Crippen molar-refractivity contribution in [3.05, 3.63) is 46.5 Å². The van der Waals surface area contributed by atoms with Gasteiger partial charge in [-0.05, 0) is 53.0 Å². The normalized spacial score (nSPS) is 12.6. The fraction of sp³-hybridized carbons (Fsp3) is 0.429. The van der Waals surface area contributed by atoms with E-state index >= 15 is 0 Å². The lowest BCUT2D eigenvalue weighted by Gasteiger charge is -2.17. The molecule has 19 heavy (non-hydrogen) atoms. The standard InChI is InChI=1S/C14H19BrN4/c1-3-16-13(14-7-5-12(15)9-17-14)6-4-11-8-18-19(2)10-11/h5,7-10,13,16H,3-4,6H2,1-2H3. The predicted octanol–water partition coefficient (Wildman–Crippen LogP) is 2.86. The summed E-state index contributed by atoms with van der Waals surface area (Å²) in [5.41, 5.74) is 2.36. The van der Waals surface area contributed by atoms with E-state index in [1.54, 1.807) is 0 Å². The molecule has 0 radical (unpaired) electrons. The molecule has 4 nitrogen and oxygen atoms in total. The van der Waals surface area contributed by atoms with E-state index in [-0.39, 0.29) is 0 Å². The van der Waals surface area contributed by atoms with E-state index in [1.165, 1.54) is 5.56 Å². The Bertz CT molecular complexity index is 506. The molecule has 0 bridgehead atoms. The molecule has 0 aliphatic carbocycles. The molecule has 1 atom stereocenters. The molecule has 0 aliphatic heterocycles. The van der Waals surface area contributed by atoms with E-state index < -0.39 is 0 Å². The molecule has 1 N–H and O–H groups in total. The molecule has 2 rings (SSSR count). The molecule has 2 aromatic rings. The first-order valence-corrected chi connectivity index (χ1v) is 7.30. The molecule has 0 spiro atoms. The molecule has 2 aromatic heterocycles. The van der Waals surface area contributed by atoms with Crippen LogP contribution in [0, 0.1) is 0 Å². The lowest BCUT2D eigenvalue weighted by Crippen LogP contribution is -2.22. The first-order chi connectivity index (χ1) is 9.19. The Labute approximate surface area is 122 Å². The summed E-state index contributed by atoms with van der Waals surface area (Å²) < 4.78 is 2.86. The molecular formula is C14H19BrN4. The van der Waals surface area contributed by atoms with Crippen LogP contribution in [0.3, 0.4) is 0 Å². The first-order valence-electron chi connectivity index (χ1n) is 6.51. The maximum Gasteiger partial charge on any atom is 0.0574 e. The van der Waals surface area contributed by atoms with Crippen molar-refractivity contribution in [2.24, 2.45) is 7.05 Å². The Balaban J connectivity index is 2.01. The van der Waals surface area contributed by atoms with Crippen LogP contribution in [0.2, 0.25) is 0 Å². The number of nitrogens with one attached hydrogen (secondary N) is 1. The minimum absolute atomic E-state index is 0.290. The number of pyridine rings is 1. The van der Waals surface area contributed by atoms with Crippen LogP contribution < -0.4 is 5.32 Å². The Morgan fingerprint density at radius 1 is 1.37 bits per heavy atom. The van der Waals surface area contributed by atoms with Gasteiger partial charge in [0.2, 0.25) is 0 Å². The van der Waals surface area contributed by atoms with Gasteiger partial charge in [-0.1, -0.05) is 6.92 Å². The maximum atomic E-state index is 4.48. The smallest absolute Gasteiger partial charge is 0.0574 e. The Morgan fingerprint density at radius 2 is 2.21 bits per heavy atom. The molecule has 0 saturated carbocycles. The Morgan fingerprint density at radius 3 is 2.79 bits per heavy atom. The van der Waals surface area contributed by atoms with Crippen molar-refractivity contribution >= 4 is 15.9 Å². The number of hydrogen-bond donors (Lipinski definition) is 1. The van der Waals surface area contributed by atoms with Gasteiger partial charge in [0.1, 0.15) is 0 Å². The molecule has 102 valence electrons. The summed E-state index contributed by atoms with van der Waals surface area (Å²) in [7, 11) is 1.95. The first kappa shape index (κ1) is 14.2. The molecule has 5 heteroatoms. The summed E-state index contributed by atoms with van der Waals surface area (Å²) in [5, 5.41) is 7.69. The third kappa shape index (κ3) is 4.14. The zero-order valence-corrected chi connectivity index (χ0v) is 12.9. The van der Waals surface area contributed by atoms with Crippen molar-refractivity contribution in [3.63, 3.8) is 0 Å². The molecule has 1 unspecified atom stereocenters. The van der Waals surface area contributed by atoms with Gasteiger partial charge >= 0.3 is 0 Å². The van der Waals surface area contributed by atoms with Gasteiger partial charge in [-0.15, -0.1) is 0 Å². The second-order valence-electron chi connectivity index (χ2n) is 4.57. The zero-order valence-electron chi connectivity index (χ0n) is 11.3. The fourth-order valence-corrected chi connectivity index (χ4v) is 2.34. The van der Waals surface area contributed by atoms with Crippen LogP contribution in [0.1, 0.15) is 30.6 Å². The van der Waals surface area contributed by atoms with E-state index in [2.05, 4.69) is 50.5 Å². The third-order valence-electron chi connectivity index (χ3n) is 3.04. The van der Waals surface area contributed by atoms with Gasteiger partial charge in [-0.25, -0.2) is 0 Å². The number of hydrogen-bond acceptors (Lipinski definition) is 3. The van der Waals surface area contributed by atoms with Crippen LogP contribution in [-0.2, 0) is 13.5 Å². The highest BCUT2D eigenvalue weighted by Gasteiger charge is 2.12. The topological polar surface area (TPSA) is 42.7 Å². The third-order valence-corrected chi connectivity index (χ3v) is 3.51. The molecule has 0 saturated heterocycles. The molecule has 0 aromatic carbocycles. The average molecular weight is 323 g/mol. The number of aromatic nitrogens is 3. The zero-order chi connectivity index (χ0) is 13.7. The summed E-state index contributed by atoms with van der Waals surface area (Å²) >= 11 is 3.42. The van der Waals surface area contributed by atoms with Gasteiger partial charge in [0.15, 0.2) is 0 Å². The highest BCUT2D eigenvalue weighted by Crippen LogP contribution is 2.19. The maximum absolute atomic E-state index is 4.48. The van der Waals surface area contributed by atoms with Gasteiger partial charge < -0.3 is 5.32 Å². The van der Waals surface area contributed by atoms with Crippen LogP contribution >= 0.6 is 15.9 Å². The molecular weight excluding hydrogens is 304 g/mol. The molecule has 0 amide bonds. The molecule has 2 heterocycles. The van der Waals surface area contributed by atoms with Crippen molar-refractivity contribution in [1.82, 2.24) is 20.1 Å². The largest absolute Gasteiger partial charge is 0.309 e. The second-order valence-corrected chi connectivity index (χ2v) is 5.49. The summed E-state index contributed by atoms with van der Waals surface area (Å²) in [5.74, 6) is 0. The number of aryl methyl sites for hydroxylation is 2. The van der Waals surface area contributed by atoms with E-state index in [0.717, 1.165) is 29.6 Å². The lowest BCUT2D eigenvalue weighted by molar-refractivity contribution is 0.503. The van der Waals surface area contributed by atoms with E-state index in [1.807, 2.05) is 30.2 Å². The SMILES string of the molecule is CCNC(CCc1cnn(C)c1)c1ccc(Br)cn1. The van der Waals surface area contributed by atoms with Gasteiger partial charge in [0.05, 0.1) is 11.9 Å². The van der Waals surface area contributed by atoms with Crippen molar-refractivity contribution in [1.29, 1.82) is 0 Å². The highest BCUT2D eigenvalue weighted by molar-refractivity contribution is 9.10. The van der Waals surface area contributed by atoms with Gasteiger partial charge in [-0.2, -0.15) is 5.10 Å². The minimum Gasteiger partial charge on any atom is -0.309 e. The predicted molar refractivity (Wildman–Crippen MR) is 79.9 cm³/mol. The van der Waals surface area contributed by atoms with E-state index in [9.17, 15) is 0 Å². The summed E-state index contributed by atoms with van der Waals surface area (Å²) in [4.78, 5) is 4.48. The van der Waals surface area contributed by atoms with Crippen molar-refractivity contribution in [3.8, 4) is 0 Å². The highest BCUT2D eigenvalue weighted by atomic mass is 79.9. The van der Waals surface area contributed by atoms with Crippen molar-refractivity contribution in [2.75, 3.05) is 6.54 Å². The lowest BCUT2D eigenvalue weighted by atomic mass is 10.0.